The van der Waals surface area contributed by atoms with Crippen molar-refractivity contribution in [3.05, 3.63) is 64.7 Å². The Hall–Kier alpha value is -2.76. The number of benzene rings is 2. The molecule has 0 radical (unpaired) electrons. The second-order valence-electron chi connectivity index (χ2n) is 4.17. The minimum Gasteiger partial charge on any atom is -0.497 e. The average Bonchev–Trinajstić information content (AvgIpc) is 2.48. The SMILES string of the molecule is COc1ccc(C(=O)c2cc(F)c(F)cc2C(=O)O)cc1. The van der Waals surface area contributed by atoms with E-state index in [-0.39, 0.29) is 5.56 Å². The zero-order chi connectivity index (χ0) is 15.6. The summed E-state index contributed by atoms with van der Waals surface area (Å²) in [4.78, 5) is 23.3. The van der Waals surface area contributed by atoms with Crippen LogP contribution in [0.5, 0.6) is 5.75 Å². The Balaban J connectivity index is 2.51. The molecule has 0 aromatic heterocycles. The number of halogens is 2. The maximum absolute atomic E-state index is 13.3. The molecule has 1 N–H and O–H groups in total. The van der Waals surface area contributed by atoms with Gasteiger partial charge >= 0.3 is 5.97 Å². The van der Waals surface area contributed by atoms with Crippen LogP contribution in [0.15, 0.2) is 36.4 Å². The van der Waals surface area contributed by atoms with Crippen LogP contribution in [0, 0.1) is 11.6 Å². The average molecular weight is 292 g/mol. The van der Waals surface area contributed by atoms with E-state index in [2.05, 4.69) is 0 Å². The minimum atomic E-state index is -1.51. The first-order valence-electron chi connectivity index (χ1n) is 5.85. The third kappa shape index (κ3) is 2.89. The van der Waals surface area contributed by atoms with Crippen LogP contribution in [0.4, 0.5) is 8.78 Å². The number of hydrogen-bond acceptors (Lipinski definition) is 3. The van der Waals surface area contributed by atoms with Crippen LogP contribution in [0.1, 0.15) is 26.3 Å². The van der Waals surface area contributed by atoms with Crippen molar-refractivity contribution < 1.29 is 28.2 Å². The van der Waals surface area contributed by atoms with Crippen LogP contribution in [0.3, 0.4) is 0 Å². The quantitative estimate of drug-likeness (QED) is 0.880. The van der Waals surface area contributed by atoms with Gasteiger partial charge in [0.15, 0.2) is 17.4 Å². The van der Waals surface area contributed by atoms with Gasteiger partial charge < -0.3 is 9.84 Å². The van der Waals surface area contributed by atoms with E-state index in [4.69, 9.17) is 9.84 Å². The Bertz CT molecular complexity index is 708. The molecule has 0 saturated heterocycles. The van der Waals surface area contributed by atoms with E-state index in [9.17, 15) is 18.4 Å². The number of methoxy groups -OCH3 is 1. The molecule has 0 spiro atoms. The van der Waals surface area contributed by atoms with E-state index < -0.39 is 34.5 Å². The highest BCUT2D eigenvalue weighted by Crippen LogP contribution is 2.20. The van der Waals surface area contributed by atoms with Crippen molar-refractivity contribution in [2.24, 2.45) is 0 Å². The van der Waals surface area contributed by atoms with Crippen LogP contribution < -0.4 is 4.74 Å². The highest BCUT2D eigenvalue weighted by Gasteiger charge is 2.21. The molecule has 0 fully saturated rings. The Kier molecular flexibility index (Phi) is 3.98. The third-order valence-corrected chi connectivity index (χ3v) is 2.89. The number of carboxylic acids is 1. The number of carbonyl (C=O) groups excluding carboxylic acids is 1. The topological polar surface area (TPSA) is 63.6 Å². The van der Waals surface area contributed by atoms with Gasteiger partial charge in [0.1, 0.15) is 5.75 Å². The summed E-state index contributed by atoms with van der Waals surface area (Å²) < 4.78 is 31.3. The normalized spacial score (nSPS) is 10.2. The van der Waals surface area contributed by atoms with Gasteiger partial charge in [-0.15, -0.1) is 0 Å². The van der Waals surface area contributed by atoms with Crippen LogP contribution in [0.2, 0.25) is 0 Å². The molecule has 0 unspecified atom stereocenters. The summed E-state index contributed by atoms with van der Waals surface area (Å²) in [5, 5.41) is 9.00. The molecule has 2 aromatic carbocycles. The number of rotatable bonds is 4. The van der Waals surface area contributed by atoms with Crippen LogP contribution in [-0.4, -0.2) is 24.0 Å². The summed E-state index contributed by atoms with van der Waals surface area (Å²) in [6.07, 6.45) is 0. The first kappa shape index (κ1) is 14.6. The minimum absolute atomic E-state index is 0.143. The van der Waals surface area contributed by atoms with Gasteiger partial charge in [0, 0.05) is 11.1 Å². The van der Waals surface area contributed by atoms with Crippen molar-refractivity contribution in [1.29, 1.82) is 0 Å². The van der Waals surface area contributed by atoms with Gasteiger partial charge in [-0.25, -0.2) is 13.6 Å². The molecular weight excluding hydrogens is 282 g/mol. The van der Waals surface area contributed by atoms with Gasteiger partial charge in [0.05, 0.1) is 12.7 Å². The van der Waals surface area contributed by atoms with Gasteiger partial charge in [-0.2, -0.15) is 0 Å². The van der Waals surface area contributed by atoms with Gasteiger partial charge in [0.25, 0.3) is 0 Å². The number of ether oxygens (including phenoxy) is 1. The molecule has 4 nitrogen and oxygen atoms in total. The molecule has 0 bridgehead atoms. The fraction of sp³-hybridized carbons (Fsp3) is 0.0667. The standard InChI is InChI=1S/C15H10F2O4/c1-21-9-4-2-8(3-5-9)14(18)10-6-12(16)13(17)7-11(10)15(19)20/h2-7H,1H3,(H,19,20). The molecule has 2 rings (SSSR count). The molecular formula is C15H10F2O4. The summed E-state index contributed by atoms with van der Waals surface area (Å²) in [5.74, 6) is -4.31. The predicted molar refractivity (Wildman–Crippen MR) is 69.7 cm³/mol. The highest BCUT2D eigenvalue weighted by atomic mass is 19.2. The maximum Gasteiger partial charge on any atom is 0.336 e. The Morgan fingerprint density at radius 1 is 1.00 bits per heavy atom. The number of hydrogen-bond donors (Lipinski definition) is 1. The number of ketones is 1. The monoisotopic (exact) mass is 292 g/mol. The van der Waals surface area contributed by atoms with Gasteiger partial charge in [-0.3, -0.25) is 4.79 Å². The summed E-state index contributed by atoms with van der Waals surface area (Å²) >= 11 is 0. The fourth-order valence-electron chi connectivity index (χ4n) is 1.81. The third-order valence-electron chi connectivity index (χ3n) is 2.89. The van der Waals surface area contributed by atoms with Gasteiger partial charge in [-0.1, -0.05) is 0 Å². The number of carbonyl (C=O) groups is 2. The summed E-state index contributed by atoms with van der Waals surface area (Å²) in [6, 6.07) is 6.92. The lowest BCUT2D eigenvalue weighted by Crippen LogP contribution is -2.11. The molecule has 0 aliphatic carbocycles. The zero-order valence-electron chi connectivity index (χ0n) is 10.9. The lowest BCUT2D eigenvalue weighted by atomic mass is 9.98. The van der Waals surface area contributed by atoms with Crippen molar-refractivity contribution in [3.63, 3.8) is 0 Å². The lowest BCUT2D eigenvalue weighted by molar-refractivity contribution is 0.0692. The zero-order valence-corrected chi connectivity index (χ0v) is 10.9. The van der Waals surface area contributed by atoms with Crippen molar-refractivity contribution in [2.75, 3.05) is 7.11 Å². The van der Waals surface area contributed by atoms with E-state index in [0.29, 0.717) is 17.9 Å². The van der Waals surface area contributed by atoms with E-state index in [1.54, 1.807) is 0 Å². The smallest absolute Gasteiger partial charge is 0.336 e. The summed E-state index contributed by atoms with van der Waals surface area (Å²) in [5.41, 5.74) is -0.856. The number of carboxylic acid groups (broad SMARTS) is 1. The lowest BCUT2D eigenvalue weighted by Gasteiger charge is -2.07. The molecule has 108 valence electrons. The molecule has 21 heavy (non-hydrogen) atoms. The molecule has 6 heteroatoms. The summed E-state index contributed by atoms with van der Waals surface area (Å²) in [7, 11) is 1.45. The molecule has 0 amide bonds. The highest BCUT2D eigenvalue weighted by molar-refractivity contribution is 6.14. The first-order chi connectivity index (χ1) is 9.93. The first-order valence-corrected chi connectivity index (χ1v) is 5.85. The second-order valence-corrected chi connectivity index (χ2v) is 4.17. The fourth-order valence-corrected chi connectivity index (χ4v) is 1.81. The molecule has 0 aliphatic rings. The van der Waals surface area contributed by atoms with Crippen molar-refractivity contribution in [2.45, 2.75) is 0 Å². The molecule has 0 aliphatic heterocycles. The maximum atomic E-state index is 13.3. The van der Waals surface area contributed by atoms with Crippen LogP contribution in [0.25, 0.3) is 0 Å². The van der Waals surface area contributed by atoms with Crippen molar-refractivity contribution in [3.8, 4) is 5.75 Å². The Morgan fingerprint density at radius 3 is 2.00 bits per heavy atom. The van der Waals surface area contributed by atoms with E-state index in [0.717, 1.165) is 0 Å². The van der Waals surface area contributed by atoms with Crippen molar-refractivity contribution >= 4 is 11.8 Å². The van der Waals surface area contributed by atoms with E-state index >= 15 is 0 Å². The summed E-state index contributed by atoms with van der Waals surface area (Å²) in [6.45, 7) is 0. The molecule has 0 atom stereocenters. The van der Waals surface area contributed by atoms with Gasteiger partial charge in [0.2, 0.25) is 0 Å². The number of aromatic carboxylic acids is 1. The predicted octanol–water partition coefficient (Wildman–Crippen LogP) is 2.90. The second kappa shape index (κ2) is 5.70. The van der Waals surface area contributed by atoms with E-state index in [1.807, 2.05) is 0 Å². The Morgan fingerprint density at radius 2 is 1.52 bits per heavy atom. The van der Waals surface area contributed by atoms with Gasteiger partial charge in [-0.05, 0) is 36.4 Å². The Labute approximate surface area is 118 Å². The van der Waals surface area contributed by atoms with Crippen LogP contribution in [-0.2, 0) is 0 Å². The molecule has 2 aromatic rings. The molecule has 0 heterocycles. The van der Waals surface area contributed by atoms with E-state index in [1.165, 1.54) is 31.4 Å². The largest absolute Gasteiger partial charge is 0.497 e. The molecule has 0 saturated carbocycles. The van der Waals surface area contributed by atoms with Crippen molar-refractivity contribution in [1.82, 2.24) is 0 Å². The van der Waals surface area contributed by atoms with Crippen LogP contribution >= 0.6 is 0 Å².